The van der Waals surface area contributed by atoms with Gasteiger partial charge in [0.25, 0.3) is 0 Å². The van der Waals surface area contributed by atoms with E-state index in [-0.39, 0.29) is 17.9 Å². The first kappa shape index (κ1) is 17.3. The molecule has 1 aromatic carbocycles. The van der Waals surface area contributed by atoms with E-state index in [1.54, 1.807) is 0 Å². The summed E-state index contributed by atoms with van der Waals surface area (Å²) in [5, 5.41) is 11.4. The van der Waals surface area contributed by atoms with Crippen molar-refractivity contribution >= 4 is 12.0 Å². The number of hydrogen-bond acceptors (Lipinski definition) is 2. The monoisotopic (exact) mass is 318 g/mol. The molecule has 1 atom stereocenters. The number of likely N-dealkylation sites (tertiary alicyclic amines) is 1. The third-order valence-corrected chi connectivity index (χ3v) is 4.55. The van der Waals surface area contributed by atoms with Crippen molar-refractivity contribution in [2.75, 3.05) is 19.6 Å². The van der Waals surface area contributed by atoms with Gasteiger partial charge in [-0.3, -0.25) is 4.79 Å². The van der Waals surface area contributed by atoms with E-state index in [1.165, 1.54) is 5.56 Å². The molecular weight excluding hydrogens is 292 g/mol. The molecule has 1 heterocycles. The lowest BCUT2D eigenvalue weighted by molar-refractivity contribution is -0.137. The third-order valence-electron chi connectivity index (χ3n) is 4.55. The highest BCUT2D eigenvalue weighted by molar-refractivity contribution is 5.74. The number of aliphatic carboxylic acids is 1. The summed E-state index contributed by atoms with van der Waals surface area (Å²) in [6, 6.07) is 10.4. The molecule has 2 N–H and O–H groups in total. The van der Waals surface area contributed by atoms with Gasteiger partial charge in [-0.25, -0.2) is 4.79 Å². The molecule has 5 heteroatoms. The molecule has 0 saturated carbocycles. The SMILES string of the molecule is CC1(CCc2ccccc2)CCN(C(=O)NCCCC(=O)O)C1. The Morgan fingerprint density at radius 3 is 2.74 bits per heavy atom. The highest BCUT2D eigenvalue weighted by Crippen LogP contribution is 2.34. The Labute approximate surface area is 137 Å². The number of amides is 2. The van der Waals surface area contributed by atoms with Crippen molar-refractivity contribution < 1.29 is 14.7 Å². The molecule has 0 bridgehead atoms. The molecule has 2 rings (SSSR count). The largest absolute Gasteiger partial charge is 0.481 e. The van der Waals surface area contributed by atoms with Gasteiger partial charge < -0.3 is 15.3 Å². The van der Waals surface area contributed by atoms with Crippen LogP contribution in [-0.4, -0.2) is 41.6 Å². The molecule has 23 heavy (non-hydrogen) atoms. The molecule has 1 unspecified atom stereocenters. The second kappa shape index (κ2) is 7.99. The number of urea groups is 1. The number of benzene rings is 1. The van der Waals surface area contributed by atoms with Gasteiger partial charge in [0.05, 0.1) is 0 Å². The molecule has 0 radical (unpaired) electrons. The predicted molar refractivity (Wildman–Crippen MR) is 89.3 cm³/mol. The van der Waals surface area contributed by atoms with Gasteiger partial charge in [0.15, 0.2) is 0 Å². The average Bonchev–Trinajstić information content (AvgIpc) is 2.93. The van der Waals surface area contributed by atoms with Crippen LogP contribution in [0.2, 0.25) is 0 Å². The van der Waals surface area contributed by atoms with E-state index in [4.69, 9.17) is 5.11 Å². The van der Waals surface area contributed by atoms with Gasteiger partial charge in [-0.1, -0.05) is 37.3 Å². The minimum Gasteiger partial charge on any atom is -0.481 e. The van der Waals surface area contributed by atoms with Gasteiger partial charge >= 0.3 is 12.0 Å². The lowest BCUT2D eigenvalue weighted by Crippen LogP contribution is -2.40. The predicted octanol–water partition coefficient (Wildman–Crippen LogP) is 2.91. The van der Waals surface area contributed by atoms with Gasteiger partial charge in [0, 0.05) is 26.1 Å². The lowest BCUT2D eigenvalue weighted by Gasteiger charge is -2.25. The number of carbonyl (C=O) groups excluding carboxylic acids is 1. The average molecular weight is 318 g/mol. The van der Waals surface area contributed by atoms with Crippen LogP contribution in [0, 0.1) is 5.41 Å². The van der Waals surface area contributed by atoms with E-state index >= 15 is 0 Å². The standard InChI is InChI=1S/C18H26N2O3/c1-18(10-9-15-6-3-2-4-7-15)11-13-20(14-18)17(23)19-12-5-8-16(21)22/h2-4,6-7H,5,8-14H2,1H3,(H,19,23)(H,21,22). The summed E-state index contributed by atoms with van der Waals surface area (Å²) < 4.78 is 0. The molecule has 1 fully saturated rings. The highest BCUT2D eigenvalue weighted by atomic mass is 16.4. The molecule has 0 spiro atoms. The maximum Gasteiger partial charge on any atom is 0.317 e. The third kappa shape index (κ3) is 5.58. The van der Waals surface area contributed by atoms with Gasteiger partial charge in [-0.15, -0.1) is 0 Å². The van der Waals surface area contributed by atoms with Gasteiger partial charge in [-0.2, -0.15) is 0 Å². The number of nitrogens with one attached hydrogen (secondary N) is 1. The smallest absolute Gasteiger partial charge is 0.317 e. The van der Waals surface area contributed by atoms with Crippen LogP contribution in [0.25, 0.3) is 0 Å². The zero-order chi connectivity index (χ0) is 16.7. The number of hydrogen-bond donors (Lipinski definition) is 2. The molecule has 0 aromatic heterocycles. The van der Waals surface area contributed by atoms with Crippen LogP contribution in [-0.2, 0) is 11.2 Å². The number of nitrogens with zero attached hydrogens (tertiary/aromatic N) is 1. The van der Waals surface area contributed by atoms with Gasteiger partial charge in [-0.05, 0) is 36.7 Å². The van der Waals surface area contributed by atoms with Crippen molar-refractivity contribution in [1.82, 2.24) is 10.2 Å². The Morgan fingerprint density at radius 1 is 1.30 bits per heavy atom. The first-order valence-electron chi connectivity index (χ1n) is 8.27. The Morgan fingerprint density at radius 2 is 2.04 bits per heavy atom. The summed E-state index contributed by atoms with van der Waals surface area (Å²) in [5.41, 5.74) is 1.50. The van der Waals surface area contributed by atoms with E-state index < -0.39 is 5.97 Å². The summed E-state index contributed by atoms with van der Waals surface area (Å²) >= 11 is 0. The van der Waals surface area contributed by atoms with E-state index in [0.717, 1.165) is 32.4 Å². The fourth-order valence-electron chi connectivity index (χ4n) is 3.04. The van der Waals surface area contributed by atoms with E-state index in [9.17, 15) is 9.59 Å². The fraction of sp³-hybridized carbons (Fsp3) is 0.556. The summed E-state index contributed by atoms with van der Waals surface area (Å²) in [5.74, 6) is -0.825. The Hall–Kier alpha value is -2.04. The summed E-state index contributed by atoms with van der Waals surface area (Å²) in [6.07, 6.45) is 3.68. The number of carboxylic acids is 1. The molecule has 1 saturated heterocycles. The van der Waals surface area contributed by atoms with Crippen molar-refractivity contribution in [1.29, 1.82) is 0 Å². The molecule has 1 aliphatic rings. The van der Waals surface area contributed by atoms with Crippen LogP contribution in [0.15, 0.2) is 30.3 Å². The summed E-state index contributed by atoms with van der Waals surface area (Å²) in [7, 11) is 0. The molecule has 2 amide bonds. The van der Waals surface area contributed by atoms with E-state index in [0.29, 0.717) is 13.0 Å². The molecular formula is C18H26N2O3. The Balaban J connectivity index is 1.73. The normalized spacial score (nSPS) is 20.5. The van der Waals surface area contributed by atoms with Crippen LogP contribution in [0.5, 0.6) is 0 Å². The fourth-order valence-corrected chi connectivity index (χ4v) is 3.04. The second-order valence-electron chi connectivity index (χ2n) is 6.70. The van der Waals surface area contributed by atoms with Crippen LogP contribution < -0.4 is 5.32 Å². The Kier molecular flexibility index (Phi) is 6.02. The van der Waals surface area contributed by atoms with Crippen LogP contribution in [0.3, 0.4) is 0 Å². The number of rotatable bonds is 7. The van der Waals surface area contributed by atoms with Crippen molar-refractivity contribution in [3.05, 3.63) is 35.9 Å². The quantitative estimate of drug-likeness (QED) is 0.760. The number of carbonyl (C=O) groups is 2. The highest BCUT2D eigenvalue weighted by Gasteiger charge is 2.35. The number of aryl methyl sites for hydroxylation is 1. The van der Waals surface area contributed by atoms with Crippen molar-refractivity contribution in [2.45, 2.75) is 39.0 Å². The molecule has 5 nitrogen and oxygen atoms in total. The van der Waals surface area contributed by atoms with Crippen molar-refractivity contribution in [3.63, 3.8) is 0 Å². The molecule has 126 valence electrons. The Bertz CT molecular complexity index is 532. The first-order chi connectivity index (χ1) is 11.0. The second-order valence-corrected chi connectivity index (χ2v) is 6.70. The lowest BCUT2D eigenvalue weighted by atomic mass is 9.83. The first-order valence-corrected chi connectivity index (χ1v) is 8.27. The summed E-state index contributed by atoms with van der Waals surface area (Å²) in [6.45, 7) is 4.21. The van der Waals surface area contributed by atoms with Gasteiger partial charge in [0.1, 0.15) is 0 Å². The van der Waals surface area contributed by atoms with Crippen LogP contribution in [0.4, 0.5) is 4.79 Å². The summed E-state index contributed by atoms with van der Waals surface area (Å²) in [4.78, 5) is 24.4. The van der Waals surface area contributed by atoms with E-state index in [2.05, 4.69) is 36.5 Å². The van der Waals surface area contributed by atoms with Crippen LogP contribution in [0.1, 0.15) is 38.2 Å². The maximum atomic E-state index is 12.1. The maximum absolute atomic E-state index is 12.1. The minimum atomic E-state index is -0.825. The molecule has 0 aliphatic carbocycles. The van der Waals surface area contributed by atoms with E-state index in [1.807, 2.05) is 11.0 Å². The zero-order valence-electron chi connectivity index (χ0n) is 13.8. The molecule has 1 aromatic rings. The number of carboxylic acid groups (broad SMARTS) is 1. The topological polar surface area (TPSA) is 69.6 Å². The van der Waals surface area contributed by atoms with Crippen molar-refractivity contribution in [2.24, 2.45) is 5.41 Å². The van der Waals surface area contributed by atoms with Crippen LogP contribution >= 0.6 is 0 Å². The van der Waals surface area contributed by atoms with Crippen molar-refractivity contribution in [3.8, 4) is 0 Å². The molecule has 1 aliphatic heterocycles. The zero-order valence-corrected chi connectivity index (χ0v) is 13.8. The minimum absolute atomic E-state index is 0.0705. The van der Waals surface area contributed by atoms with Gasteiger partial charge in [0.2, 0.25) is 0 Å².